The van der Waals surface area contributed by atoms with Crippen molar-refractivity contribution in [3.05, 3.63) is 0 Å². The molecular weight excluding hydrogens is 176 g/mol. The summed E-state index contributed by atoms with van der Waals surface area (Å²) >= 11 is 0. The molecule has 0 aromatic heterocycles. The van der Waals surface area contributed by atoms with Crippen LogP contribution in [0.2, 0.25) is 0 Å². The lowest BCUT2D eigenvalue weighted by molar-refractivity contribution is -0.135. The largest absolute Gasteiger partial charge is 0.342 e. The van der Waals surface area contributed by atoms with Crippen molar-refractivity contribution in [1.82, 2.24) is 4.90 Å². The van der Waals surface area contributed by atoms with Crippen LogP contribution in [-0.4, -0.2) is 30.4 Å². The number of amides is 1. The van der Waals surface area contributed by atoms with E-state index < -0.39 is 0 Å². The second-order valence-electron chi connectivity index (χ2n) is 4.57. The van der Waals surface area contributed by atoms with Crippen molar-refractivity contribution in [2.75, 3.05) is 19.6 Å². The third-order valence-electron chi connectivity index (χ3n) is 3.70. The zero-order valence-electron chi connectivity index (χ0n) is 8.74. The van der Waals surface area contributed by atoms with E-state index in [-0.39, 0.29) is 5.92 Å². The molecule has 2 atom stereocenters. The van der Waals surface area contributed by atoms with E-state index in [2.05, 4.69) is 0 Å². The van der Waals surface area contributed by atoms with Gasteiger partial charge in [0.25, 0.3) is 0 Å². The lowest BCUT2D eigenvalue weighted by atomic mass is 9.95. The van der Waals surface area contributed by atoms with Crippen molar-refractivity contribution in [2.45, 2.75) is 32.1 Å². The zero-order chi connectivity index (χ0) is 9.97. The lowest BCUT2D eigenvalue weighted by Crippen LogP contribution is -2.37. The molecule has 1 saturated heterocycles. The highest BCUT2D eigenvalue weighted by molar-refractivity contribution is 5.79. The summed E-state index contributed by atoms with van der Waals surface area (Å²) < 4.78 is 0. The fraction of sp³-hybridized carbons (Fsp3) is 0.909. The van der Waals surface area contributed by atoms with E-state index in [1.807, 2.05) is 4.90 Å². The Kier molecular flexibility index (Phi) is 3.06. The molecule has 0 radical (unpaired) electrons. The molecule has 1 heterocycles. The smallest absolute Gasteiger partial charge is 0.226 e. The van der Waals surface area contributed by atoms with Gasteiger partial charge in [-0.3, -0.25) is 4.79 Å². The van der Waals surface area contributed by atoms with Gasteiger partial charge in [0, 0.05) is 19.0 Å². The third kappa shape index (κ3) is 1.78. The number of carbonyl (C=O) groups excluding carboxylic acids is 1. The van der Waals surface area contributed by atoms with Gasteiger partial charge in [0.1, 0.15) is 0 Å². The maximum atomic E-state index is 12.1. The first-order valence-electron chi connectivity index (χ1n) is 5.82. The average Bonchev–Trinajstić information content (AvgIpc) is 2.87. The number of rotatable bonds is 2. The van der Waals surface area contributed by atoms with Crippen LogP contribution in [0.4, 0.5) is 0 Å². The molecule has 2 rings (SSSR count). The van der Waals surface area contributed by atoms with Gasteiger partial charge >= 0.3 is 0 Å². The van der Waals surface area contributed by atoms with Gasteiger partial charge in [-0.25, -0.2) is 0 Å². The second-order valence-corrected chi connectivity index (χ2v) is 4.57. The van der Waals surface area contributed by atoms with E-state index in [1.165, 1.54) is 19.3 Å². The quantitative estimate of drug-likeness (QED) is 0.715. The fourth-order valence-electron chi connectivity index (χ4n) is 2.82. The summed E-state index contributed by atoms with van der Waals surface area (Å²) in [5, 5.41) is 0. The second kappa shape index (κ2) is 4.30. The highest BCUT2D eigenvalue weighted by atomic mass is 16.2. The molecule has 0 bridgehead atoms. The predicted octanol–water partition coefficient (Wildman–Crippen LogP) is 0.984. The molecule has 0 aromatic carbocycles. The number of likely N-dealkylation sites (tertiary alicyclic amines) is 1. The lowest BCUT2D eigenvalue weighted by Gasteiger charge is -2.23. The molecule has 1 amide bonds. The van der Waals surface area contributed by atoms with Crippen LogP contribution in [0.1, 0.15) is 32.1 Å². The molecule has 2 aliphatic rings. The first-order valence-corrected chi connectivity index (χ1v) is 5.82. The summed E-state index contributed by atoms with van der Waals surface area (Å²) in [5.41, 5.74) is 5.69. The molecule has 2 N–H and O–H groups in total. The summed E-state index contributed by atoms with van der Waals surface area (Å²) in [5.74, 6) is 1.09. The maximum absolute atomic E-state index is 12.1. The summed E-state index contributed by atoms with van der Waals surface area (Å²) in [6, 6.07) is 0. The first kappa shape index (κ1) is 9.97. The minimum absolute atomic E-state index is 0.248. The van der Waals surface area contributed by atoms with E-state index >= 15 is 0 Å². The molecule has 0 aromatic rings. The van der Waals surface area contributed by atoms with Crippen LogP contribution in [-0.2, 0) is 4.79 Å². The van der Waals surface area contributed by atoms with Gasteiger partial charge in [0.15, 0.2) is 0 Å². The molecule has 0 spiro atoms. The van der Waals surface area contributed by atoms with Crippen molar-refractivity contribution < 1.29 is 4.79 Å². The Labute approximate surface area is 85.6 Å². The van der Waals surface area contributed by atoms with Crippen LogP contribution in [0.5, 0.6) is 0 Å². The number of hydrogen-bond donors (Lipinski definition) is 1. The Balaban J connectivity index is 1.95. The minimum atomic E-state index is 0.248. The molecule has 1 aliphatic carbocycles. The van der Waals surface area contributed by atoms with Gasteiger partial charge in [-0.15, -0.1) is 0 Å². The van der Waals surface area contributed by atoms with E-state index in [0.29, 0.717) is 18.4 Å². The van der Waals surface area contributed by atoms with Gasteiger partial charge < -0.3 is 10.6 Å². The van der Waals surface area contributed by atoms with Crippen LogP contribution in [0.15, 0.2) is 0 Å². The third-order valence-corrected chi connectivity index (χ3v) is 3.70. The summed E-state index contributed by atoms with van der Waals surface area (Å²) in [6.07, 6.45) is 5.78. The summed E-state index contributed by atoms with van der Waals surface area (Å²) in [7, 11) is 0. The molecule has 1 aliphatic heterocycles. The van der Waals surface area contributed by atoms with Gasteiger partial charge in [-0.05, 0) is 38.1 Å². The van der Waals surface area contributed by atoms with Crippen LogP contribution in [0.25, 0.3) is 0 Å². The van der Waals surface area contributed by atoms with Crippen LogP contribution in [0.3, 0.4) is 0 Å². The first-order chi connectivity index (χ1) is 6.83. The molecule has 14 heavy (non-hydrogen) atoms. The topological polar surface area (TPSA) is 46.3 Å². The highest BCUT2D eigenvalue weighted by Crippen LogP contribution is 2.33. The van der Waals surface area contributed by atoms with E-state index in [0.717, 1.165) is 25.9 Å². The van der Waals surface area contributed by atoms with Gasteiger partial charge in [-0.1, -0.05) is 6.42 Å². The van der Waals surface area contributed by atoms with Crippen LogP contribution >= 0.6 is 0 Å². The van der Waals surface area contributed by atoms with E-state index in [9.17, 15) is 4.79 Å². The normalized spacial score (nSPS) is 32.5. The number of nitrogens with two attached hydrogens (primary N) is 1. The van der Waals surface area contributed by atoms with Crippen molar-refractivity contribution in [3.63, 3.8) is 0 Å². The Morgan fingerprint density at radius 2 is 1.93 bits per heavy atom. The van der Waals surface area contributed by atoms with Crippen molar-refractivity contribution in [2.24, 2.45) is 17.6 Å². The molecule has 3 nitrogen and oxygen atoms in total. The fourth-order valence-corrected chi connectivity index (χ4v) is 2.82. The molecule has 2 unspecified atom stereocenters. The highest BCUT2D eigenvalue weighted by Gasteiger charge is 2.35. The Hall–Kier alpha value is -0.570. The van der Waals surface area contributed by atoms with E-state index in [1.54, 1.807) is 0 Å². The monoisotopic (exact) mass is 196 g/mol. The van der Waals surface area contributed by atoms with Crippen molar-refractivity contribution in [1.29, 1.82) is 0 Å². The SMILES string of the molecule is NCC1CCCC1C(=O)N1CCCC1. The number of hydrogen-bond acceptors (Lipinski definition) is 2. The van der Waals surface area contributed by atoms with Gasteiger partial charge in [-0.2, -0.15) is 0 Å². The Bertz CT molecular complexity index is 211. The van der Waals surface area contributed by atoms with Crippen molar-refractivity contribution in [3.8, 4) is 0 Å². The number of nitrogens with zero attached hydrogens (tertiary/aromatic N) is 1. The average molecular weight is 196 g/mol. The minimum Gasteiger partial charge on any atom is -0.342 e. The molecule has 2 fully saturated rings. The molecule has 3 heteroatoms. The number of carbonyl (C=O) groups is 1. The summed E-state index contributed by atoms with van der Waals surface area (Å²) in [4.78, 5) is 14.1. The van der Waals surface area contributed by atoms with Crippen molar-refractivity contribution >= 4 is 5.91 Å². The predicted molar refractivity (Wildman–Crippen MR) is 55.7 cm³/mol. The van der Waals surface area contributed by atoms with E-state index in [4.69, 9.17) is 5.73 Å². The summed E-state index contributed by atoms with van der Waals surface area (Å²) in [6.45, 7) is 2.64. The van der Waals surface area contributed by atoms with Crippen LogP contribution in [0, 0.1) is 11.8 Å². The Morgan fingerprint density at radius 3 is 2.57 bits per heavy atom. The van der Waals surface area contributed by atoms with Crippen LogP contribution < -0.4 is 5.73 Å². The van der Waals surface area contributed by atoms with Gasteiger partial charge in [0.05, 0.1) is 0 Å². The molecule has 1 saturated carbocycles. The maximum Gasteiger partial charge on any atom is 0.226 e. The Morgan fingerprint density at radius 1 is 1.21 bits per heavy atom. The van der Waals surface area contributed by atoms with Gasteiger partial charge in [0.2, 0.25) is 5.91 Å². The zero-order valence-corrected chi connectivity index (χ0v) is 8.74. The molecule has 80 valence electrons. The standard InChI is InChI=1S/C11H20N2O/c12-8-9-4-3-5-10(9)11(14)13-6-1-2-7-13/h9-10H,1-8,12H2. The molecular formula is C11H20N2O.